The van der Waals surface area contributed by atoms with Crippen molar-refractivity contribution < 1.29 is 14.6 Å². The van der Waals surface area contributed by atoms with Crippen LogP contribution in [0.1, 0.15) is 0 Å². The van der Waals surface area contributed by atoms with Crippen LogP contribution in [-0.2, 0) is 6.54 Å². The van der Waals surface area contributed by atoms with Gasteiger partial charge < -0.3 is 14.6 Å². The van der Waals surface area contributed by atoms with E-state index < -0.39 is 0 Å². The summed E-state index contributed by atoms with van der Waals surface area (Å²) in [5.41, 5.74) is 1.89. The number of rotatable bonds is 5. The summed E-state index contributed by atoms with van der Waals surface area (Å²) < 4.78 is 12.2. The van der Waals surface area contributed by atoms with Gasteiger partial charge in [-0.2, -0.15) is 5.10 Å². The van der Waals surface area contributed by atoms with Gasteiger partial charge in [0.15, 0.2) is 0 Å². The van der Waals surface area contributed by atoms with Crippen LogP contribution in [0, 0.1) is 0 Å². The third kappa shape index (κ3) is 2.46. The first-order valence-electron chi connectivity index (χ1n) is 5.64. The van der Waals surface area contributed by atoms with Crippen LogP contribution in [0.15, 0.2) is 30.6 Å². The van der Waals surface area contributed by atoms with Crippen molar-refractivity contribution in [1.29, 1.82) is 0 Å². The number of aliphatic hydroxyl groups excluding tert-OH is 1. The molecule has 0 aliphatic carbocycles. The average Bonchev–Trinajstić information content (AvgIpc) is 2.87. The quantitative estimate of drug-likeness (QED) is 0.872. The predicted molar refractivity (Wildman–Crippen MR) is 67.9 cm³/mol. The van der Waals surface area contributed by atoms with Crippen molar-refractivity contribution in [3.63, 3.8) is 0 Å². The summed E-state index contributed by atoms with van der Waals surface area (Å²) in [6, 6.07) is 5.64. The number of nitrogens with zero attached hydrogens (tertiary/aromatic N) is 2. The van der Waals surface area contributed by atoms with Crippen molar-refractivity contribution in [3.05, 3.63) is 30.6 Å². The Hall–Kier alpha value is -2.01. The van der Waals surface area contributed by atoms with Gasteiger partial charge in [-0.15, -0.1) is 0 Å². The summed E-state index contributed by atoms with van der Waals surface area (Å²) in [4.78, 5) is 0. The molecule has 1 aromatic heterocycles. The molecule has 5 nitrogen and oxygen atoms in total. The maximum Gasteiger partial charge on any atom is 0.130 e. The van der Waals surface area contributed by atoms with Crippen molar-refractivity contribution in [2.45, 2.75) is 6.54 Å². The van der Waals surface area contributed by atoms with E-state index in [4.69, 9.17) is 14.6 Å². The van der Waals surface area contributed by atoms with E-state index in [1.54, 1.807) is 25.1 Å². The molecule has 0 spiro atoms. The van der Waals surface area contributed by atoms with Gasteiger partial charge in [0.05, 0.1) is 33.6 Å². The molecule has 0 fully saturated rings. The molecule has 0 unspecified atom stereocenters. The number of hydrogen-bond donors (Lipinski definition) is 1. The molecule has 96 valence electrons. The van der Waals surface area contributed by atoms with Crippen LogP contribution in [0.25, 0.3) is 11.1 Å². The minimum absolute atomic E-state index is 0.0703. The molecule has 0 bridgehead atoms. The minimum atomic E-state index is 0.0703. The number of hydrogen-bond acceptors (Lipinski definition) is 4. The highest BCUT2D eigenvalue weighted by Crippen LogP contribution is 2.32. The first-order valence-corrected chi connectivity index (χ1v) is 5.64. The van der Waals surface area contributed by atoms with Crippen LogP contribution in [-0.4, -0.2) is 35.7 Å². The number of ether oxygens (including phenoxy) is 2. The van der Waals surface area contributed by atoms with Gasteiger partial charge >= 0.3 is 0 Å². The number of aliphatic hydroxyl groups is 1. The van der Waals surface area contributed by atoms with Gasteiger partial charge in [0.25, 0.3) is 0 Å². The number of aromatic nitrogens is 2. The zero-order valence-corrected chi connectivity index (χ0v) is 10.5. The summed E-state index contributed by atoms with van der Waals surface area (Å²) >= 11 is 0. The Bertz CT molecular complexity index is 523. The van der Waals surface area contributed by atoms with E-state index in [1.807, 2.05) is 24.4 Å². The lowest BCUT2D eigenvalue weighted by Gasteiger charge is -2.08. The highest BCUT2D eigenvalue weighted by atomic mass is 16.5. The first-order chi connectivity index (χ1) is 8.78. The van der Waals surface area contributed by atoms with Crippen LogP contribution < -0.4 is 9.47 Å². The summed E-state index contributed by atoms with van der Waals surface area (Å²) in [6.07, 6.45) is 3.63. The molecular weight excluding hydrogens is 232 g/mol. The first kappa shape index (κ1) is 12.4. The molecule has 0 saturated heterocycles. The second kappa shape index (κ2) is 5.55. The van der Waals surface area contributed by atoms with Crippen LogP contribution in [0.4, 0.5) is 0 Å². The Labute approximate surface area is 106 Å². The molecule has 0 radical (unpaired) electrons. The molecule has 0 aliphatic heterocycles. The lowest BCUT2D eigenvalue weighted by Crippen LogP contribution is -2.01. The van der Waals surface area contributed by atoms with Crippen molar-refractivity contribution >= 4 is 0 Å². The fourth-order valence-corrected chi connectivity index (χ4v) is 1.76. The number of benzene rings is 1. The molecule has 0 amide bonds. The van der Waals surface area contributed by atoms with Gasteiger partial charge in [-0.25, -0.2) is 0 Å². The van der Waals surface area contributed by atoms with E-state index in [0.717, 1.165) is 22.6 Å². The zero-order valence-electron chi connectivity index (χ0n) is 10.5. The van der Waals surface area contributed by atoms with Crippen LogP contribution in [0.5, 0.6) is 11.5 Å². The monoisotopic (exact) mass is 248 g/mol. The highest BCUT2D eigenvalue weighted by Gasteiger charge is 2.09. The van der Waals surface area contributed by atoms with Crippen LogP contribution >= 0.6 is 0 Å². The van der Waals surface area contributed by atoms with E-state index in [-0.39, 0.29) is 6.61 Å². The Morgan fingerprint density at radius 3 is 2.78 bits per heavy atom. The normalized spacial score (nSPS) is 10.4. The van der Waals surface area contributed by atoms with Crippen LogP contribution in [0.2, 0.25) is 0 Å². The van der Waals surface area contributed by atoms with Gasteiger partial charge in [-0.1, -0.05) is 0 Å². The van der Waals surface area contributed by atoms with Crippen molar-refractivity contribution in [2.24, 2.45) is 0 Å². The molecule has 1 heterocycles. The van der Waals surface area contributed by atoms with Gasteiger partial charge in [0, 0.05) is 23.4 Å². The van der Waals surface area contributed by atoms with E-state index in [1.165, 1.54) is 0 Å². The average molecular weight is 248 g/mol. The predicted octanol–water partition coefficient (Wildman–Crippen LogP) is 1.56. The van der Waals surface area contributed by atoms with Crippen molar-refractivity contribution in [2.75, 3.05) is 20.8 Å². The third-order valence-corrected chi connectivity index (χ3v) is 2.68. The fraction of sp³-hybridized carbons (Fsp3) is 0.308. The van der Waals surface area contributed by atoms with Crippen molar-refractivity contribution in [1.82, 2.24) is 9.78 Å². The van der Waals surface area contributed by atoms with E-state index in [0.29, 0.717) is 6.54 Å². The summed E-state index contributed by atoms with van der Waals surface area (Å²) in [5, 5.41) is 13.0. The Morgan fingerprint density at radius 2 is 2.11 bits per heavy atom. The molecule has 0 aliphatic rings. The minimum Gasteiger partial charge on any atom is -0.497 e. The summed E-state index contributed by atoms with van der Waals surface area (Å²) in [5.74, 6) is 1.48. The lowest BCUT2D eigenvalue weighted by molar-refractivity contribution is 0.269. The van der Waals surface area contributed by atoms with Gasteiger partial charge in [-0.05, 0) is 12.1 Å². The fourth-order valence-electron chi connectivity index (χ4n) is 1.76. The largest absolute Gasteiger partial charge is 0.497 e. The molecule has 1 aromatic carbocycles. The van der Waals surface area contributed by atoms with Gasteiger partial charge in [0.1, 0.15) is 11.5 Å². The maximum atomic E-state index is 8.87. The smallest absolute Gasteiger partial charge is 0.130 e. The Balaban J connectivity index is 2.36. The Morgan fingerprint density at radius 1 is 1.28 bits per heavy atom. The van der Waals surface area contributed by atoms with E-state index in [9.17, 15) is 0 Å². The topological polar surface area (TPSA) is 56.5 Å². The molecular formula is C13H16N2O3. The zero-order chi connectivity index (χ0) is 13.0. The molecule has 5 heteroatoms. The van der Waals surface area contributed by atoms with Gasteiger partial charge in [0.2, 0.25) is 0 Å². The second-order valence-electron chi connectivity index (χ2n) is 3.78. The molecule has 0 saturated carbocycles. The molecule has 2 aromatic rings. The summed E-state index contributed by atoms with van der Waals surface area (Å²) in [6.45, 7) is 0.555. The van der Waals surface area contributed by atoms with Gasteiger partial charge in [-0.3, -0.25) is 4.68 Å². The second-order valence-corrected chi connectivity index (χ2v) is 3.78. The van der Waals surface area contributed by atoms with Crippen molar-refractivity contribution in [3.8, 4) is 22.6 Å². The van der Waals surface area contributed by atoms with E-state index >= 15 is 0 Å². The number of methoxy groups -OCH3 is 2. The highest BCUT2D eigenvalue weighted by molar-refractivity contribution is 5.70. The summed E-state index contributed by atoms with van der Waals surface area (Å²) in [7, 11) is 3.24. The SMILES string of the molecule is COc1ccc(-c2cnn(CCO)c2)c(OC)c1. The maximum absolute atomic E-state index is 8.87. The lowest BCUT2D eigenvalue weighted by atomic mass is 10.1. The third-order valence-electron chi connectivity index (χ3n) is 2.68. The standard InChI is InChI=1S/C13H16N2O3/c1-17-11-3-4-12(13(7-11)18-2)10-8-14-15(9-10)5-6-16/h3-4,7-9,16H,5-6H2,1-2H3. The molecule has 0 atom stereocenters. The van der Waals surface area contributed by atoms with Crippen LogP contribution in [0.3, 0.4) is 0 Å². The van der Waals surface area contributed by atoms with E-state index in [2.05, 4.69) is 5.10 Å². The molecule has 1 N–H and O–H groups in total. The molecule has 2 rings (SSSR count). The Kier molecular flexibility index (Phi) is 3.84. The molecule has 18 heavy (non-hydrogen) atoms.